The molecule has 114 valence electrons. The lowest BCUT2D eigenvalue weighted by atomic mass is 9.93. The molecule has 0 amide bonds. The van der Waals surface area contributed by atoms with Gasteiger partial charge in [0.25, 0.3) is 4.59 Å². The largest absolute Gasteiger partial charge is 0.435 e. The minimum Gasteiger partial charge on any atom is -0.219 e. The first-order valence-corrected chi connectivity index (χ1v) is 4.73. The Morgan fingerprint density at radius 1 is 0.789 bits per heavy atom. The Hall–Kier alpha value is -0.380. The number of rotatable bonds is 4. The van der Waals surface area contributed by atoms with Gasteiger partial charge in [0, 0.05) is 0 Å². The Morgan fingerprint density at radius 3 is 1.37 bits per heavy atom. The molecule has 0 saturated heterocycles. The minimum absolute atomic E-state index is 2.90. The van der Waals surface area contributed by atoms with Crippen LogP contribution in [-0.2, 0) is 0 Å². The fourth-order valence-electron chi connectivity index (χ4n) is 0.996. The zero-order valence-corrected chi connectivity index (χ0v) is 9.75. The van der Waals surface area contributed by atoms with Gasteiger partial charge in [-0.15, -0.1) is 0 Å². The van der Waals surface area contributed by atoms with Gasteiger partial charge >= 0.3 is 23.8 Å². The average Bonchev–Trinajstić information content (AvgIpc) is 2.08. The van der Waals surface area contributed by atoms with Gasteiger partial charge in [0.15, 0.2) is 0 Å². The van der Waals surface area contributed by atoms with E-state index in [1.54, 1.807) is 0 Å². The molecule has 0 aromatic carbocycles. The fraction of sp³-hybridized carbons (Fsp3) is 0.714. The van der Waals surface area contributed by atoms with Crippen molar-refractivity contribution in [3.8, 4) is 0 Å². The topological polar surface area (TPSA) is 0 Å². The Bertz CT molecular complexity index is 363. The summed E-state index contributed by atoms with van der Waals surface area (Å²) in [4.78, 5) is 0. The predicted octanol–water partition coefficient (Wildman–Crippen LogP) is 5.46. The monoisotopic (exact) mass is 346 g/mol. The first-order chi connectivity index (χ1) is 8.06. The summed E-state index contributed by atoms with van der Waals surface area (Å²) >= 11 is 8.63. The first kappa shape index (κ1) is 18.6. The lowest BCUT2D eigenvalue weighted by Crippen LogP contribution is -2.57. The number of hydrogen-bond donors (Lipinski definition) is 0. The summed E-state index contributed by atoms with van der Waals surface area (Å²) in [5, 5.41) is 0. The van der Waals surface area contributed by atoms with Crippen LogP contribution in [0.4, 0.5) is 43.9 Å². The van der Waals surface area contributed by atoms with Crippen LogP contribution in [0.15, 0.2) is 11.9 Å². The Balaban J connectivity index is 5.98. The molecule has 0 radical (unpaired) electrons. The van der Waals surface area contributed by atoms with Crippen LogP contribution in [0, 0.1) is 0 Å². The number of alkyl halides is 9. The van der Waals surface area contributed by atoms with Crippen LogP contribution in [0.3, 0.4) is 0 Å². The van der Waals surface area contributed by atoms with Crippen molar-refractivity contribution in [3.63, 3.8) is 0 Å². The number of allylic oxidation sites excluding steroid dienone is 1. The van der Waals surface area contributed by atoms with E-state index in [4.69, 9.17) is 0 Å². The molecule has 0 heterocycles. The summed E-state index contributed by atoms with van der Waals surface area (Å²) in [6, 6.07) is 0. The van der Waals surface area contributed by atoms with Crippen molar-refractivity contribution in [2.75, 3.05) is 0 Å². The number of halogens is 12. The second kappa shape index (κ2) is 5.19. The number of hydrogen-bond acceptors (Lipinski definition) is 0. The Labute approximate surface area is 109 Å². The molecule has 0 spiro atoms. The predicted molar refractivity (Wildman–Crippen MR) is 45.4 cm³/mol. The molecule has 1 atom stereocenters. The summed E-state index contributed by atoms with van der Waals surface area (Å²) in [5.74, 6) is -10.1. The molecule has 0 rings (SSSR count). The van der Waals surface area contributed by atoms with Gasteiger partial charge in [-0.3, -0.25) is 0 Å². The van der Waals surface area contributed by atoms with Gasteiger partial charge < -0.3 is 0 Å². The molecule has 0 N–H and O–H groups in total. The fourth-order valence-corrected chi connectivity index (χ4v) is 1.33. The van der Waals surface area contributed by atoms with Crippen LogP contribution in [0.1, 0.15) is 6.42 Å². The molecule has 0 bridgehead atoms. The highest BCUT2D eigenvalue weighted by Crippen LogP contribution is 2.55. The molecule has 0 aromatic heterocycles. The van der Waals surface area contributed by atoms with E-state index in [1.807, 2.05) is 0 Å². The van der Waals surface area contributed by atoms with Crippen molar-refractivity contribution in [1.29, 1.82) is 0 Å². The van der Waals surface area contributed by atoms with Crippen molar-refractivity contribution >= 4 is 23.2 Å². The van der Waals surface area contributed by atoms with Crippen molar-refractivity contribution in [2.45, 2.75) is 28.8 Å². The third-order valence-electron chi connectivity index (χ3n) is 1.79. The van der Waals surface area contributed by atoms with E-state index < -0.39 is 40.7 Å². The second-order valence-electron chi connectivity index (χ2n) is 3.23. The maximum atomic E-state index is 13.2. The highest BCUT2D eigenvalue weighted by Gasteiger charge is 2.76. The smallest absolute Gasteiger partial charge is 0.219 e. The summed E-state index contributed by atoms with van der Waals surface area (Å²) in [6.07, 6.45) is -13.7. The normalized spacial score (nSPS) is 17.1. The van der Waals surface area contributed by atoms with Crippen LogP contribution >= 0.6 is 23.2 Å². The van der Waals surface area contributed by atoms with Crippen molar-refractivity contribution in [2.24, 2.45) is 0 Å². The van der Waals surface area contributed by atoms with E-state index in [1.165, 1.54) is 0 Å². The van der Waals surface area contributed by atoms with Gasteiger partial charge in [-0.1, -0.05) is 23.2 Å². The third-order valence-corrected chi connectivity index (χ3v) is 2.05. The van der Waals surface area contributed by atoms with Crippen molar-refractivity contribution in [1.82, 2.24) is 0 Å². The van der Waals surface area contributed by atoms with E-state index in [-0.39, 0.29) is 0 Å². The quantitative estimate of drug-likeness (QED) is 0.468. The molecule has 0 nitrogen and oxygen atoms in total. The van der Waals surface area contributed by atoms with Crippen LogP contribution < -0.4 is 0 Å². The SMILES string of the molecule is FC(F)=C(F)C(F)(C(F)(F)F)C(F)(F)CC(F)(Cl)Cl. The van der Waals surface area contributed by atoms with E-state index in [2.05, 4.69) is 23.2 Å². The highest BCUT2D eigenvalue weighted by molar-refractivity contribution is 6.47. The van der Waals surface area contributed by atoms with E-state index in [0.29, 0.717) is 0 Å². The van der Waals surface area contributed by atoms with Crippen LogP contribution in [-0.4, -0.2) is 22.4 Å². The van der Waals surface area contributed by atoms with Gasteiger partial charge in [0.05, 0.1) is 6.42 Å². The first-order valence-electron chi connectivity index (χ1n) is 3.97. The zero-order valence-electron chi connectivity index (χ0n) is 8.24. The van der Waals surface area contributed by atoms with Gasteiger partial charge in [-0.25, -0.2) is 22.0 Å². The van der Waals surface area contributed by atoms with E-state index in [9.17, 15) is 43.9 Å². The molecule has 1 unspecified atom stereocenters. The Kier molecular flexibility index (Phi) is 5.09. The van der Waals surface area contributed by atoms with Crippen LogP contribution in [0.5, 0.6) is 0 Å². The molecule has 0 aliphatic rings. The second-order valence-corrected chi connectivity index (χ2v) is 4.62. The molecule has 12 heteroatoms. The van der Waals surface area contributed by atoms with Crippen LogP contribution in [0.2, 0.25) is 0 Å². The average molecular weight is 347 g/mol. The molecular formula is C7H2Cl2F10. The summed E-state index contributed by atoms with van der Waals surface area (Å²) < 4.78 is 120. The molecule has 0 saturated carbocycles. The van der Waals surface area contributed by atoms with E-state index in [0.717, 1.165) is 0 Å². The van der Waals surface area contributed by atoms with Crippen molar-refractivity contribution < 1.29 is 43.9 Å². The minimum atomic E-state index is -6.80. The standard InChI is InChI=1S/C7H2Cl2F10/c8-5(9,15)1-4(13,14)6(16,7(17,18)19)2(10)3(11)12/h1H2. The maximum absolute atomic E-state index is 13.2. The molecule has 0 aromatic rings. The molecular weight excluding hydrogens is 345 g/mol. The summed E-state index contributed by atoms with van der Waals surface area (Å²) in [6.45, 7) is 0. The maximum Gasteiger partial charge on any atom is 0.435 e. The molecule has 0 aliphatic carbocycles. The van der Waals surface area contributed by atoms with Gasteiger partial charge in [-0.05, 0) is 0 Å². The van der Waals surface area contributed by atoms with Gasteiger partial charge in [-0.2, -0.15) is 22.0 Å². The van der Waals surface area contributed by atoms with Crippen molar-refractivity contribution in [3.05, 3.63) is 11.9 Å². The summed E-state index contributed by atoms with van der Waals surface area (Å²) in [7, 11) is 0. The highest BCUT2D eigenvalue weighted by atomic mass is 35.5. The lowest BCUT2D eigenvalue weighted by molar-refractivity contribution is -0.296. The van der Waals surface area contributed by atoms with Gasteiger partial charge in [0.2, 0.25) is 5.83 Å². The molecule has 19 heavy (non-hydrogen) atoms. The van der Waals surface area contributed by atoms with E-state index >= 15 is 0 Å². The zero-order chi connectivity index (χ0) is 15.9. The molecule has 0 aliphatic heterocycles. The molecule has 0 fully saturated rings. The third kappa shape index (κ3) is 3.80. The van der Waals surface area contributed by atoms with Crippen LogP contribution in [0.25, 0.3) is 0 Å². The Morgan fingerprint density at radius 2 is 1.16 bits per heavy atom. The lowest BCUT2D eigenvalue weighted by Gasteiger charge is -2.34. The van der Waals surface area contributed by atoms with Gasteiger partial charge in [0.1, 0.15) is 0 Å². The summed E-state index contributed by atoms with van der Waals surface area (Å²) in [5.41, 5.74) is -6.46.